The Balaban J connectivity index is 2.05. The van der Waals surface area contributed by atoms with Crippen LogP contribution in [0.15, 0.2) is 48.5 Å². The average molecular weight is 340 g/mol. The topological polar surface area (TPSA) is 81.4 Å². The van der Waals surface area contributed by atoms with Crippen LogP contribution in [0.5, 0.6) is 5.75 Å². The Labute approximate surface area is 148 Å². The summed E-state index contributed by atoms with van der Waals surface area (Å²) >= 11 is 0. The monoisotopic (exact) mass is 340 g/mol. The third kappa shape index (κ3) is 4.83. The van der Waals surface area contributed by atoms with Crippen molar-refractivity contribution in [2.24, 2.45) is 5.73 Å². The first-order chi connectivity index (χ1) is 11.7. The first kappa shape index (κ1) is 18.5. The maximum absolute atomic E-state index is 12.3. The smallest absolute Gasteiger partial charge is 0.265 e. The highest BCUT2D eigenvalue weighted by atomic mass is 16.5. The fourth-order valence-corrected chi connectivity index (χ4v) is 2.33. The second-order valence-electron chi connectivity index (χ2n) is 6.93. The average Bonchev–Trinajstić information content (AvgIpc) is 2.54. The molecule has 2 amide bonds. The van der Waals surface area contributed by atoms with E-state index < -0.39 is 12.0 Å². The van der Waals surface area contributed by atoms with Crippen LogP contribution in [0.3, 0.4) is 0 Å². The lowest BCUT2D eigenvalue weighted by Gasteiger charge is -2.20. The van der Waals surface area contributed by atoms with Gasteiger partial charge in [0.1, 0.15) is 5.75 Å². The van der Waals surface area contributed by atoms with Gasteiger partial charge in [-0.1, -0.05) is 45.0 Å². The van der Waals surface area contributed by atoms with Crippen LogP contribution in [0.1, 0.15) is 43.6 Å². The molecule has 25 heavy (non-hydrogen) atoms. The minimum absolute atomic E-state index is 0.0555. The minimum atomic E-state index is -0.721. The van der Waals surface area contributed by atoms with E-state index in [4.69, 9.17) is 10.5 Å². The summed E-state index contributed by atoms with van der Waals surface area (Å²) in [7, 11) is 0. The predicted molar refractivity (Wildman–Crippen MR) is 98.8 cm³/mol. The van der Waals surface area contributed by atoms with E-state index in [0.717, 1.165) is 0 Å². The van der Waals surface area contributed by atoms with Crippen LogP contribution < -0.4 is 15.8 Å². The summed E-state index contributed by atoms with van der Waals surface area (Å²) in [6.45, 7) is 8.05. The lowest BCUT2D eigenvalue weighted by atomic mass is 9.87. The number of anilines is 1. The lowest BCUT2D eigenvalue weighted by molar-refractivity contribution is -0.122. The number of primary amides is 1. The van der Waals surface area contributed by atoms with Crippen LogP contribution in [-0.4, -0.2) is 17.9 Å². The van der Waals surface area contributed by atoms with Gasteiger partial charge < -0.3 is 15.8 Å². The number of carbonyl (C=O) groups is 2. The molecule has 0 unspecified atom stereocenters. The van der Waals surface area contributed by atoms with Gasteiger partial charge in [-0.25, -0.2) is 0 Å². The highest BCUT2D eigenvalue weighted by molar-refractivity contribution is 6.03. The van der Waals surface area contributed by atoms with Crippen molar-refractivity contribution in [1.29, 1.82) is 0 Å². The summed E-state index contributed by atoms with van der Waals surface area (Å²) in [4.78, 5) is 23.7. The van der Waals surface area contributed by atoms with E-state index >= 15 is 0 Å². The Morgan fingerprint density at radius 3 is 2.20 bits per heavy atom. The molecule has 0 fully saturated rings. The van der Waals surface area contributed by atoms with E-state index in [9.17, 15) is 9.59 Å². The molecule has 0 aliphatic rings. The van der Waals surface area contributed by atoms with E-state index in [0.29, 0.717) is 11.4 Å². The van der Waals surface area contributed by atoms with Crippen molar-refractivity contribution >= 4 is 17.5 Å². The maximum Gasteiger partial charge on any atom is 0.265 e. The fourth-order valence-electron chi connectivity index (χ4n) is 2.33. The van der Waals surface area contributed by atoms with E-state index in [1.807, 2.05) is 24.3 Å². The third-order valence-corrected chi connectivity index (χ3v) is 3.85. The number of benzene rings is 2. The molecule has 2 aromatic rings. The number of rotatable bonds is 5. The fraction of sp³-hybridized carbons (Fsp3) is 0.300. The van der Waals surface area contributed by atoms with Gasteiger partial charge in [0.2, 0.25) is 0 Å². The van der Waals surface area contributed by atoms with Crippen LogP contribution >= 0.6 is 0 Å². The van der Waals surface area contributed by atoms with Crippen LogP contribution in [0.2, 0.25) is 0 Å². The van der Waals surface area contributed by atoms with Gasteiger partial charge >= 0.3 is 0 Å². The van der Waals surface area contributed by atoms with Gasteiger partial charge in [0.05, 0.1) is 11.3 Å². The van der Waals surface area contributed by atoms with Crippen LogP contribution in [-0.2, 0) is 10.2 Å². The number of hydrogen-bond donors (Lipinski definition) is 2. The molecule has 1 atom stereocenters. The van der Waals surface area contributed by atoms with Gasteiger partial charge in [-0.15, -0.1) is 0 Å². The van der Waals surface area contributed by atoms with Gasteiger partial charge in [0.15, 0.2) is 6.10 Å². The summed E-state index contributed by atoms with van der Waals surface area (Å²) in [5.74, 6) is -0.338. The van der Waals surface area contributed by atoms with E-state index in [2.05, 4.69) is 26.1 Å². The number of para-hydroxylation sites is 1. The summed E-state index contributed by atoms with van der Waals surface area (Å²) < 4.78 is 5.69. The Bertz CT molecular complexity index is 761. The molecule has 132 valence electrons. The molecule has 0 aliphatic carbocycles. The molecule has 5 heteroatoms. The van der Waals surface area contributed by atoms with E-state index in [1.54, 1.807) is 31.2 Å². The molecule has 2 aromatic carbocycles. The largest absolute Gasteiger partial charge is 0.481 e. The quantitative estimate of drug-likeness (QED) is 0.874. The number of nitrogens with one attached hydrogen (secondary N) is 1. The molecular formula is C20H24N2O3. The highest BCUT2D eigenvalue weighted by Gasteiger charge is 2.18. The zero-order valence-corrected chi connectivity index (χ0v) is 15.0. The van der Waals surface area contributed by atoms with Gasteiger partial charge in [0.25, 0.3) is 11.8 Å². The van der Waals surface area contributed by atoms with Crippen molar-refractivity contribution in [2.75, 3.05) is 5.32 Å². The van der Waals surface area contributed by atoms with Crippen molar-refractivity contribution in [3.05, 3.63) is 59.7 Å². The van der Waals surface area contributed by atoms with Crippen LogP contribution in [0.4, 0.5) is 5.69 Å². The molecule has 0 spiro atoms. The predicted octanol–water partition coefficient (Wildman–Crippen LogP) is 3.49. The Morgan fingerprint density at radius 2 is 1.64 bits per heavy atom. The van der Waals surface area contributed by atoms with Crippen molar-refractivity contribution in [2.45, 2.75) is 39.2 Å². The summed E-state index contributed by atoms with van der Waals surface area (Å²) in [5.41, 5.74) is 7.20. The number of amides is 2. The molecule has 0 saturated heterocycles. The zero-order chi connectivity index (χ0) is 18.6. The Kier molecular flexibility index (Phi) is 5.47. The molecule has 2 rings (SSSR count). The second kappa shape index (κ2) is 7.38. The summed E-state index contributed by atoms with van der Waals surface area (Å²) in [5, 5.41) is 2.68. The van der Waals surface area contributed by atoms with Crippen molar-refractivity contribution in [1.82, 2.24) is 0 Å². The van der Waals surface area contributed by atoms with Gasteiger partial charge in [-0.05, 0) is 42.2 Å². The molecular weight excluding hydrogens is 316 g/mol. The Hall–Kier alpha value is -2.82. The molecule has 5 nitrogen and oxygen atoms in total. The minimum Gasteiger partial charge on any atom is -0.481 e. The standard InChI is InChI=1S/C20H24N2O3/c1-13(25-15-11-9-14(10-12-15)20(2,3)4)19(24)22-17-8-6-5-7-16(17)18(21)23/h5-13H,1-4H3,(H2,21,23)(H,22,24)/t13-/m1/s1. The highest BCUT2D eigenvalue weighted by Crippen LogP contribution is 2.25. The van der Waals surface area contributed by atoms with Crippen molar-refractivity contribution in [3.8, 4) is 5.75 Å². The molecule has 0 saturated carbocycles. The Morgan fingerprint density at radius 1 is 1.04 bits per heavy atom. The molecule has 0 aliphatic heterocycles. The molecule has 0 bridgehead atoms. The van der Waals surface area contributed by atoms with Gasteiger partial charge in [0, 0.05) is 0 Å². The number of ether oxygens (including phenoxy) is 1. The number of nitrogens with two attached hydrogens (primary N) is 1. The molecule has 0 aromatic heterocycles. The van der Waals surface area contributed by atoms with E-state index in [1.165, 1.54) is 5.56 Å². The number of hydrogen-bond acceptors (Lipinski definition) is 3. The van der Waals surface area contributed by atoms with E-state index in [-0.39, 0.29) is 16.9 Å². The van der Waals surface area contributed by atoms with Crippen LogP contribution in [0, 0.1) is 0 Å². The van der Waals surface area contributed by atoms with Crippen LogP contribution in [0.25, 0.3) is 0 Å². The maximum atomic E-state index is 12.3. The normalized spacial score (nSPS) is 12.3. The van der Waals surface area contributed by atoms with Crippen molar-refractivity contribution < 1.29 is 14.3 Å². The lowest BCUT2D eigenvalue weighted by Crippen LogP contribution is -2.31. The summed E-state index contributed by atoms with van der Waals surface area (Å²) in [6.07, 6.45) is -0.721. The molecule has 3 N–H and O–H groups in total. The second-order valence-corrected chi connectivity index (χ2v) is 6.93. The first-order valence-corrected chi connectivity index (χ1v) is 8.15. The molecule has 0 radical (unpaired) electrons. The van der Waals surface area contributed by atoms with Crippen molar-refractivity contribution in [3.63, 3.8) is 0 Å². The SMILES string of the molecule is C[C@@H](Oc1ccc(C(C)(C)C)cc1)C(=O)Nc1ccccc1C(N)=O. The zero-order valence-electron chi connectivity index (χ0n) is 15.0. The summed E-state index contributed by atoms with van der Waals surface area (Å²) in [6, 6.07) is 14.3. The first-order valence-electron chi connectivity index (χ1n) is 8.15. The third-order valence-electron chi connectivity index (χ3n) is 3.85. The van der Waals surface area contributed by atoms with Gasteiger partial charge in [-0.2, -0.15) is 0 Å². The molecule has 0 heterocycles. The van der Waals surface area contributed by atoms with Gasteiger partial charge in [-0.3, -0.25) is 9.59 Å². The number of carbonyl (C=O) groups excluding carboxylic acids is 2.